The van der Waals surface area contributed by atoms with Gasteiger partial charge in [0.2, 0.25) is 0 Å². The van der Waals surface area contributed by atoms with Gasteiger partial charge in [-0.2, -0.15) is 5.10 Å². The molecule has 0 bridgehead atoms. The Hall–Kier alpha value is -2.80. The van der Waals surface area contributed by atoms with E-state index >= 15 is 0 Å². The number of rotatable bonds is 2. The van der Waals surface area contributed by atoms with Crippen LogP contribution in [0.25, 0.3) is 5.69 Å². The summed E-state index contributed by atoms with van der Waals surface area (Å²) in [6.07, 6.45) is 8.54. The highest BCUT2D eigenvalue weighted by atomic mass is 15.3. The molecule has 1 aliphatic carbocycles. The van der Waals surface area contributed by atoms with Gasteiger partial charge >= 0.3 is 0 Å². The molecule has 1 aliphatic rings. The molecule has 2 heterocycles. The second-order valence-electron chi connectivity index (χ2n) is 6.16. The molecule has 0 radical (unpaired) electrons. The number of imidazole rings is 1. The molecule has 0 spiro atoms. The van der Waals surface area contributed by atoms with Crippen LogP contribution in [0, 0.1) is 18.8 Å². The Kier molecular flexibility index (Phi) is 3.92. The van der Waals surface area contributed by atoms with Crippen LogP contribution >= 0.6 is 0 Å². The van der Waals surface area contributed by atoms with Crippen LogP contribution in [0.5, 0.6) is 0 Å². The van der Waals surface area contributed by atoms with E-state index in [1.54, 1.807) is 0 Å². The molecule has 0 amide bonds. The van der Waals surface area contributed by atoms with Gasteiger partial charge in [0.25, 0.3) is 0 Å². The van der Waals surface area contributed by atoms with E-state index < -0.39 is 0 Å². The number of aromatic nitrogens is 4. The Morgan fingerprint density at radius 3 is 2.83 bits per heavy atom. The lowest BCUT2D eigenvalue weighted by Gasteiger charge is -2.12. The molecule has 0 unspecified atom stereocenters. The fourth-order valence-electron chi connectivity index (χ4n) is 3.28. The third kappa shape index (κ3) is 2.85. The summed E-state index contributed by atoms with van der Waals surface area (Å²) in [4.78, 5) is 4.70. The van der Waals surface area contributed by atoms with E-state index in [1.807, 2.05) is 47.4 Å². The summed E-state index contributed by atoms with van der Waals surface area (Å²) in [6, 6.07) is 10.1. The first-order valence-electron chi connectivity index (χ1n) is 8.45. The second kappa shape index (κ2) is 6.37. The van der Waals surface area contributed by atoms with Crippen molar-refractivity contribution in [1.82, 2.24) is 19.3 Å². The van der Waals surface area contributed by atoms with Gasteiger partial charge in [0.15, 0.2) is 0 Å². The molecule has 120 valence electrons. The lowest BCUT2D eigenvalue weighted by Crippen LogP contribution is -2.08. The number of fused-ring (bicyclic) bond motifs is 1. The lowest BCUT2D eigenvalue weighted by molar-refractivity contribution is 0.631. The molecule has 0 fully saturated rings. The average Bonchev–Trinajstić information content (AvgIpc) is 3.21. The molecule has 4 nitrogen and oxygen atoms in total. The number of benzene rings is 1. The van der Waals surface area contributed by atoms with Crippen molar-refractivity contribution in [3.63, 3.8) is 0 Å². The molecular weight excluding hydrogens is 296 g/mol. The summed E-state index contributed by atoms with van der Waals surface area (Å²) in [5, 5.41) is 4.38. The highest BCUT2D eigenvalue weighted by Gasteiger charge is 2.17. The van der Waals surface area contributed by atoms with Crippen LogP contribution in [-0.4, -0.2) is 19.3 Å². The van der Waals surface area contributed by atoms with Crippen molar-refractivity contribution in [3.05, 3.63) is 65.5 Å². The van der Waals surface area contributed by atoms with Crippen molar-refractivity contribution < 1.29 is 0 Å². The first-order valence-corrected chi connectivity index (χ1v) is 8.45. The fourth-order valence-corrected chi connectivity index (χ4v) is 3.28. The molecule has 3 aromatic rings. The van der Waals surface area contributed by atoms with Gasteiger partial charge in [0.05, 0.1) is 29.7 Å². The molecular formula is C20H20N4. The highest BCUT2D eigenvalue weighted by Crippen LogP contribution is 2.21. The summed E-state index contributed by atoms with van der Waals surface area (Å²) < 4.78 is 4.12. The standard InChI is InChI=1S/C20H20N4/c1-16-22-19-11-5-6-12-20(19)23(16)13-7-8-17-14-21-24(15-17)18-9-3-2-4-10-18/h2-4,9-10,14-15H,5-6,11-13H2,1H3. The molecule has 0 atom stereocenters. The van der Waals surface area contributed by atoms with Crippen LogP contribution in [-0.2, 0) is 19.4 Å². The van der Waals surface area contributed by atoms with E-state index in [-0.39, 0.29) is 0 Å². The van der Waals surface area contributed by atoms with Crippen LogP contribution in [0.15, 0.2) is 42.7 Å². The first-order chi connectivity index (χ1) is 11.8. The van der Waals surface area contributed by atoms with Gasteiger partial charge in [-0.1, -0.05) is 30.0 Å². The number of hydrogen-bond donors (Lipinski definition) is 0. The minimum Gasteiger partial charge on any atom is -0.320 e. The Bertz CT molecular complexity index is 906. The molecule has 2 aromatic heterocycles. The molecule has 24 heavy (non-hydrogen) atoms. The SMILES string of the molecule is Cc1nc2c(n1CC#Cc1cnn(-c3ccccc3)c1)CCCC2. The fraction of sp³-hybridized carbons (Fsp3) is 0.300. The average molecular weight is 316 g/mol. The van der Waals surface area contributed by atoms with Crippen molar-refractivity contribution in [2.75, 3.05) is 0 Å². The maximum Gasteiger partial charge on any atom is 0.106 e. The summed E-state index contributed by atoms with van der Waals surface area (Å²) in [7, 11) is 0. The van der Waals surface area contributed by atoms with Crippen molar-refractivity contribution in [1.29, 1.82) is 0 Å². The quantitative estimate of drug-likeness (QED) is 0.680. The van der Waals surface area contributed by atoms with Crippen LogP contribution in [0.1, 0.15) is 35.6 Å². The van der Waals surface area contributed by atoms with Crippen molar-refractivity contribution in [3.8, 4) is 17.5 Å². The predicted molar refractivity (Wildman–Crippen MR) is 94.0 cm³/mol. The van der Waals surface area contributed by atoms with Gasteiger partial charge in [-0.3, -0.25) is 0 Å². The highest BCUT2D eigenvalue weighted by molar-refractivity contribution is 5.36. The zero-order valence-corrected chi connectivity index (χ0v) is 13.9. The van der Waals surface area contributed by atoms with Gasteiger partial charge in [-0.05, 0) is 44.7 Å². The van der Waals surface area contributed by atoms with E-state index in [4.69, 9.17) is 4.98 Å². The Balaban J connectivity index is 1.52. The molecule has 1 aromatic carbocycles. The molecule has 4 rings (SSSR count). The van der Waals surface area contributed by atoms with E-state index in [1.165, 1.54) is 24.2 Å². The predicted octanol–water partition coefficient (Wildman–Crippen LogP) is 3.31. The third-order valence-electron chi connectivity index (χ3n) is 4.50. The molecule has 0 saturated heterocycles. The number of hydrogen-bond acceptors (Lipinski definition) is 2. The Labute approximate surface area is 142 Å². The van der Waals surface area contributed by atoms with Crippen molar-refractivity contribution in [2.24, 2.45) is 0 Å². The summed E-state index contributed by atoms with van der Waals surface area (Å²) in [5.41, 5.74) is 4.64. The van der Waals surface area contributed by atoms with Crippen LogP contribution in [0.4, 0.5) is 0 Å². The van der Waals surface area contributed by atoms with Gasteiger partial charge in [0.1, 0.15) is 5.82 Å². The Morgan fingerprint density at radius 2 is 1.96 bits per heavy atom. The Morgan fingerprint density at radius 1 is 1.12 bits per heavy atom. The van der Waals surface area contributed by atoms with Crippen LogP contribution < -0.4 is 0 Å². The van der Waals surface area contributed by atoms with E-state index in [9.17, 15) is 0 Å². The monoisotopic (exact) mass is 316 g/mol. The molecule has 4 heteroatoms. The van der Waals surface area contributed by atoms with Crippen molar-refractivity contribution >= 4 is 0 Å². The van der Waals surface area contributed by atoms with E-state index in [0.29, 0.717) is 6.54 Å². The molecule has 0 saturated carbocycles. The third-order valence-corrected chi connectivity index (χ3v) is 4.50. The van der Waals surface area contributed by atoms with Crippen LogP contribution in [0.2, 0.25) is 0 Å². The minimum absolute atomic E-state index is 0.699. The second-order valence-corrected chi connectivity index (χ2v) is 6.16. The molecule has 0 N–H and O–H groups in total. The largest absolute Gasteiger partial charge is 0.320 e. The van der Waals surface area contributed by atoms with Gasteiger partial charge in [-0.15, -0.1) is 0 Å². The zero-order valence-electron chi connectivity index (χ0n) is 13.9. The smallest absolute Gasteiger partial charge is 0.106 e. The van der Waals surface area contributed by atoms with Gasteiger partial charge in [-0.25, -0.2) is 9.67 Å². The topological polar surface area (TPSA) is 35.6 Å². The maximum atomic E-state index is 4.70. The number of aryl methyl sites for hydroxylation is 2. The first kappa shape index (κ1) is 14.8. The summed E-state index contributed by atoms with van der Waals surface area (Å²) in [6.45, 7) is 2.78. The normalized spacial score (nSPS) is 13.2. The lowest BCUT2D eigenvalue weighted by atomic mass is 10.0. The van der Waals surface area contributed by atoms with Crippen molar-refractivity contribution in [2.45, 2.75) is 39.2 Å². The number of nitrogens with zero attached hydrogens (tertiary/aromatic N) is 4. The minimum atomic E-state index is 0.699. The summed E-state index contributed by atoms with van der Waals surface area (Å²) in [5.74, 6) is 7.58. The summed E-state index contributed by atoms with van der Waals surface area (Å²) >= 11 is 0. The van der Waals surface area contributed by atoms with Gasteiger partial charge < -0.3 is 4.57 Å². The van der Waals surface area contributed by atoms with E-state index in [0.717, 1.165) is 29.9 Å². The zero-order chi connectivity index (χ0) is 16.4. The van der Waals surface area contributed by atoms with Gasteiger partial charge in [0, 0.05) is 11.9 Å². The number of para-hydroxylation sites is 1. The van der Waals surface area contributed by atoms with E-state index in [2.05, 4.69) is 28.4 Å². The van der Waals surface area contributed by atoms with Crippen LogP contribution in [0.3, 0.4) is 0 Å². The molecule has 0 aliphatic heterocycles. The maximum absolute atomic E-state index is 4.70.